The van der Waals surface area contributed by atoms with E-state index >= 15 is 0 Å². The molecule has 1 aromatic rings. The second-order valence-corrected chi connectivity index (χ2v) is 7.55. The van der Waals surface area contributed by atoms with E-state index in [1.807, 2.05) is 37.3 Å². The van der Waals surface area contributed by atoms with Crippen LogP contribution < -0.4 is 5.32 Å². The molecule has 3 aliphatic rings. The number of amides is 1. The van der Waals surface area contributed by atoms with Crippen molar-refractivity contribution in [1.82, 2.24) is 14.8 Å². The van der Waals surface area contributed by atoms with Gasteiger partial charge in [0.25, 0.3) is 0 Å². The lowest BCUT2D eigenvalue weighted by Gasteiger charge is -2.48. The summed E-state index contributed by atoms with van der Waals surface area (Å²) in [6, 6.07) is 4.07. The molecule has 1 amide bonds. The average Bonchev–Trinajstić information content (AvgIpc) is 3.24. The van der Waals surface area contributed by atoms with E-state index < -0.39 is 0 Å². The minimum Gasteiger partial charge on any atom is -0.373 e. The summed E-state index contributed by atoms with van der Waals surface area (Å²) in [6.45, 7) is 2.09. The van der Waals surface area contributed by atoms with Crippen molar-refractivity contribution >= 4 is 23.8 Å². The van der Waals surface area contributed by atoms with Crippen molar-refractivity contribution in [3.63, 3.8) is 0 Å². The second kappa shape index (κ2) is 7.29. The van der Waals surface area contributed by atoms with E-state index in [9.17, 15) is 4.79 Å². The molecular weight excluding hydrogens is 340 g/mol. The van der Waals surface area contributed by atoms with Gasteiger partial charge < -0.3 is 15.1 Å². The molecule has 0 aromatic carbocycles. The number of carbonyl (C=O) groups is 1. The highest BCUT2D eigenvalue weighted by Crippen LogP contribution is 2.34. The van der Waals surface area contributed by atoms with Gasteiger partial charge in [0.1, 0.15) is 23.7 Å². The summed E-state index contributed by atoms with van der Waals surface area (Å²) < 4.78 is 0. The van der Waals surface area contributed by atoms with Crippen molar-refractivity contribution in [2.45, 2.75) is 63.3 Å². The molecule has 1 saturated heterocycles. The van der Waals surface area contributed by atoms with Gasteiger partial charge in [-0.2, -0.15) is 0 Å². The first kappa shape index (κ1) is 17.9. The Morgan fingerprint density at radius 3 is 2.78 bits per heavy atom. The van der Waals surface area contributed by atoms with Gasteiger partial charge in [-0.1, -0.05) is 19.8 Å². The van der Waals surface area contributed by atoms with Crippen molar-refractivity contribution in [2.24, 2.45) is 9.98 Å². The van der Waals surface area contributed by atoms with Crippen LogP contribution in [0.25, 0.3) is 0 Å². The summed E-state index contributed by atoms with van der Waals surface area (Å²) >= 11 is 0. The number of fused-ring (bicyclic) bond motifs is 1. The van der Waals surface area contributed by atoms with Gasteiger partial charge in [0.15, 0.2) is 6.17 Å². The molecule has 1 saturated carbocycles. The van der Waals surface area contributed by atoms with Crippen molar-refractivity contribution in [3.8, 4) is 0 Å². The molecule has 1 N–H and O–H groups in total. The summed E-state index contributed by atoms with van der Waals surface area (Å²) in [4.78, 5) is 31.1. The minimum absolute atomic E-state index is 0.120. The van der Waals surface area contributed by atoms with Crippen LogP contribution in [0.3, 0.4) is 0 Å². The summed E-state index contributed by atoms with van der Waals surface area (Å²) in [5.74, 6) is 1.98. The first-order valence-electron chi connectivity index (χ1n) is 9.93. The first-order chi connectivity index (χ1) is 13.1. The van der Waals surface area contributed by atoms with Crippen LogP contribution >= 0.6 is 0 Å². The molecule has 2 fully saturated rings. The van der Waals surface area contributed by atoms with Crippen LogP contribution in [0.2, 0.25) is 0 Å². The van der Waals surface area contributed by atoms with E-state index in [0.29, 0.717) is 6.04 Å². The normalized spacial score (nSPS) is 28.3. The zero-order chi connectivity index (χ0) is 19.0. The molecule has 7 heteroatoms. The predicted octanol–water partition coefficient (Wildman–Crippen LogP) is 2.47. The van der Waals surface area contributed by atoms with Crippen molar-refractivity contribution in [1.29, 1.82) is 0 Å². The van der Waals surface area contributed by atoms with Gasteiger partial charge in [0.05, 0.1) is 0 Å². The second-order valence-electron chi connectivity index (χ2n) is 7.55. The van der Waals surface area contributed by atoms with Gasteiger partial charge in [0, 0.05) is 38.1 Å². The van der Waals surface area contributed by atoms with Crippen molar-refractivity contribution in [2.75, 3.05) is 19.4 Å². The number of nitrogens with zero attached hydrogens (tertiary/aromatic N) is 5. The number of piperazine rings is 1. The molecule has 1 aromatic heterocycles. The van der Waals surface area contributed by atoms with Crippen LogP contribution in [0.4, 0.5) is 5.82 Å². The zero-order valence-corrected chi connectivity index (χ0v) is 16.3. The molecule has 2 aliphatic heterocycles. The Morgan fingerprint density at radius 2 is 2.07 bits per heavy atom. The van der Waals surface area contributed by atoms with Crippen LogP contribution in [0.15, 0.2) is 28.3 Å². The van der Waals surface area contributed by atoms with Gasteiger partial charge in [-0.25, -0.2) is 9.98 Å². The summed E-state index contributed by atoms with van der Waals surface area (Å²) in [6.07, 6.45) is 8.93. The molecule has 0 bridgehead atoms. The summed E-state index contributed by atoms with van der Waals surface area (Å²) in [5.41, 5.74) is 1.01. The molecule has 1 aliphatic carbocycles. The average molecular weight is 368 g/mol. The SMILES string of the molecule is CCC1C(=O)N(C)C2C=N[C@H](c3ccnc(NC)c3)N=C2N1C1CCCC1. The van der Waals surface area contributed by atoms with Gasteiger partial charge in [-0.05, 0) is 31.4 Å². The van der Waals surface area contributed by atoms with Gasteiger partial charge in [-0.3, -0.25) is 9.79 Å². The number of anilines is 1. The maximum atomic E-state index is 13.0. The van der Waals surface area contributed by atoms with Crippen LogP contribution in [-0.4, -0.2) is 65.0 Å². The Bertz CT molecular complexity index is 769. The molecule has 144 valence electrons. The Hall–Kier alpha value is -2.44. The Morgan fingerprint density at radius 1 is 1.30 bits per heavy atom. The van der Waals surface area contributed by atoms with Crippen LogP contribution in [0, 0.1) is 0 Å². The largest absolute Gasteiger partial charge is 0.373 e. The minimum atomic E-state index is -0.283. The maximum absolute atomic E-state index is 13.0. The summed E-state index contributed by atoms with van der Waals surface area (Å²) in [5, 5.41) is 3.07. The van der Waals surface area contributed by atoms with Crippen LogP contribution in [-0.2, 0) is 4.79 Å². The van der Waals surface area contributed by atoms with E-state index in [2.05, 4.69) is 27.1 Å². The number of rotatable bonds is 4. The third kappa shape index (κ3) is 3.09. The standard InChI is InChI=1S/C20H28N6O/c1-4-15-20(27)25(3)16-12-23-18(13-9-10-22-17(11-13)21-2)24-19(16)26(15)14-7-5-6-8-14/h9-12,14-16,18H,4-8H2,1-3H3,(H,21,22)/t15?,16?,18-/m0/s1. The fourth-order valence-electron chi connectivity index (χ4n) is 4.51. The number of nitrogens with one attached hydrogen (secondary N) is 1. The molecule has 7 nitrogen and oxygen atoms in total. The molecule has 4 rings (SSSR count). The van der Waals surface area contributed by atoms with Crippen LogP contribution in [0.1, 0.15) is 50.8 Å². The van der Waals surface area contributed by atoms with Crippen molar-refractivity contribution in [3.05, 3.63) is 23.9 Å². The Labute approximate surface area is 160 Å². The highest BCUT2D eigenvalue weighted by atomic mass is 16.2. The van der Waals surface area contributed by atoms with Gasteiger partial charge in [0.2, 0.25) is 5.91 Å². The molecular formula is C20H28N6O. The Kier molecular flexibility index (Phi) is 4.85. The van der Waals surface area contributed by atoms with E-state index in [4.69, 9.17) is 4.99 Å². The zero-order valence-electron chi connectivity index (χ0n) is 16.3. The number of aliphatic imine (C=N–C) groups is 2. The monoisotopic (exact) mass is 368 g/mol. The lowest BCUT2D eigenvalue weighted by molar-refractivity contribution is -0.137. The number of likely N-dealkylation sites (N-methyl/N-ethyl adjacent to an activating group) is 1. The number of carbonyl (C=O) groups excluding carboxylic acids is 1. The summed E-state index contributed by atoms with van der Waals surface area (Å²) in [7, 11) is 3.72. The highest BCUT2D eigenvalue weighted by Gasteiger charge is 2.45. The van der Waals surface area contributed by atoms with E-state index in [1.165, 1.54) is 12.8 Å². The number of hydrogen-bond acceptors (Lipinski definition) is 6. The van der Waals surface area contributed by atoms with E-state index in [1.54, 1.807) is 6.20 Å². The maximum Gasteiger partial charge on any atom is 0.245 e. The van der Waals surface area contributed by atoms with Gasteiger partial charge in [-0.15, -0.1) is 0 Å². The smallest absolute Gasteiger partial charge is 0.245 e. The fourth-order valence-corrected chi connectivity index (χ4v) is 4.51. The van der Waals surface area contributed by atoms with Gasteiger partial charge >= 0.3 is 0 Å². The molecule has 0 spiro atoms. The number of pyridine rings is 1. The highest BCUT2D eigenvalue weighted by molar-refractivity contribution is 6.09. The molecule has 2 unspecified atom stereocenters. The molecule has 27 heavy (non-hydrogen) atoms. The molecule has 3 heterocycles. The number of aromatic nitrogens is 1. The third-order valence-corrected chi connectivity index (χ3v) is 5.98. The predicted molar refractivity (Wildman–Crippen MR) is 107 cm³/mol. The molecule has 3 atom stereocenters. The number of amidine groups is 1. The Balaban J connectivity index is 1.73. The van der Waals surface area contributed by atoms with E-state index in [-0.39, 0.29) is 24.2 Å². The number of hydrogen-bond donors (Lipinski definition) is 1. The fraction of sp³-hybridized carbons (Fsp3) is 0.600. The van der Waals surface area contributed by atoms with Crippen LogP contribution in [0.5, 0.6) is 0 Å². The molecule has 0 radical (unpaired) electrons. The first-order valence-corrected chi connectivity index (χ1v) is 9.93. The van der Waals surface area contributed by atoms with E-state index in [0.717, 1.165) is 36.5 Å². The third-order valence-electron chi connectivity index (χ3n) is 5.98. The lowest BCUT2D eigenvalue weighted by atomic mass is 9.98. The topological polar surface area (TPSA) is 73.2 Å². The van der Waals surface area contributed by atoms with Crippen molar-refractivity contribution < 1.29 is 4.79 Å². The quantitative estimate of drug-likeness (QED) is 0.886. The lowest BCUT2D eigenvalue weighted by Crippen LogP contribution is -2.66.